The number of hydrogen-bond acceptors (Lipinski definition) is 4. The maximum atomic E-state index is 11.3. The number of rotatable bonds is 7. The summed E-state index contributed by atoms with van der Waals surface area (Å²) < 4.78 is 12.6. The van der Waals surface area contributed by atoms with Gasteiger partial charge >= 0.3 is 6.09 Å². The zero-order chi connectivity index (χ0) is 20.9. The Morgan fingerprint density at radius 1 is 1.14 bits per heavy atom. The van der Waals surface area contributed by atoms with E-state index >= 15 is 0 Å². The Morgan fingerprint density at radius 2 is 1.71 bits per heavy atom. The number of amides is 1. The molecular weight excluding hydrogens is 493 g/mol. The van der Waals surface area contributed by atoms with E-state index in [-0.39, 0.29) is 13.0 Å². The standard InChI is InChI=1S/C21H25ClINO4/c1-20(2,3)21(13-27-19(24)26,28-17-10-8-16(23)9-11-17)12-18(25)14-4-6-15(22)7-5-14/h4-11,18,25H,12-13H2,1-3H3,(H2,24,26)/t18-,21?/m1/s1. The second kappa shape index (κ2) is 9.33. The van der Waals surface area contributed by atoms with Crippen LogP contribution in [0.2, 0.25) is 5.02 Å². The van der Waals surface area contributed by atoms with Crippen molar-refractivity contribution in [1.82, 2.24) is 0 Å². The maximum absolute atomic E-state index is 11.3. The molecule has 0 aliphatic carbocycles. The van der Waals surface area contributed by atoms with E-state index < -0.39 is 23.2 Å². The number of carbonyl (C=O) groups excluding carboxylic acids is 1. The quantitative estimate of drug-likeness (QED) is 0.487. The van der Waals surface area contributed by atoms with Gasteiger partial charge in [-0.05, 0) is 64.6 Å². The van der Waals surface area contributed by atoms with Crippen LogP contribution in [0.1, 0.15) is 38.9 Å². The van der Waals surface area contributed by atoms with Crippen molar-refractivity contribution < 1.29 is 19.4 Å². The molecule has 0 saturated carbocycles. The molecule has 0 aromatic heterocycles. The molecule has 0 aliphatic rings. The van der Waals surface area contributed by atoms with E-state index in [2.05, 4.69) is 22.6 Å². The predicted octanol–water partition coefficient (Wildman–Crippen LogP) is 5.33. The minimum absolute atomic E-state index is 0.0948. The number of benzene rings is 2. The fraction of sp³-hybridized carbons (Fsp3) is 0.381. The van der Waals surface area contributed by atoms with Crippen LogP contribution in [-0.2, 0) is 4.74 Å². The molecule has 2 aromatic rings. The molecule has 3 N–H and O–H groups in total. The summed E-state index contributed by atoms with van der Waals surface area (Å²) in [6.45, 7) is 5.82. The molecule has 152 valence electrons. The van der Waals surface area contributed by atoms with Crippen LogP contribution in [0.4, 0.5) is 4.79 Å². The van der Waals surface area contributed by atoms with Crippen LogP contribution < -0.4 is 10.5 Å². The van der Waals surface area contributed by atoms with Gasteiger partial charge in [-0.15, -0.1) is 0 Å². The number of halogens is 2. The van der Waals surface area contributed by atoms with Crippen molar-refractivity contribution in [3.05, 3.63) is 62.7 Å². The number of aliphatic hydroxyl groups excluding tert-OH is 1. The van der Waals surface area contributed by atoms with Crippen molar-refractivity contribution in [3.63, 3.8) is 0 Å². The number of nitrogens with two attached hydrogens (primary N) is 1. The summed E-state index contributed by atoms with van der Waals surface area (Å²) in [6, 6.07) is 14.5. The monoisotopic (exact) mass is 517 g/mol. The van der Waals surface area contributed by atoms with E-state index in [1.165, 1.54) is 0 Å². The molecule has 0 bridgehead atoms. The summed E-state index contributed by atoms with van der Waals surface area (Å²) in [4.78, 5) is 11.3. The fourth-order valence-corrected chi connectivity index (χ4v) is 3.32. The van der Waals surface area contributed by atoms with Crippen LogP contribution in [-0.4, -0.2) is 23.4 Å². The van der Waals surface area contributed by atoms with Gasteiger partial charge in [0.25, 0.3) is 0 Å². The van der Waals surface area contributed by atoms with Gasteiger partial charge in [0, 0.05) is 20.4 Å². The Kier molecular flexibility index (Phi) is 7.59. The summed E-state index contributed by atoms with van der Waals surface area (Å²) in [5.74, 6) is 0.617. The highest BCUT2D eigenvalue weighted by atomic mass is 127. The Bertz CT molecular complexity index is 790. The van der Waals surface area contributed by atoms with Crippen molar-refractivity contribution in [3.8, 4) is 5.75 Å². The number of ether oxygens (including phenoxy) is 2. The molecule has 2 aromatic carbocycles. The SMILES string of the molecule is CC(C)(C)C(COC(N)=O)(C[C@@H](O)c1ccc(Cl)cc1)Oc1ccc(I)cc1. The zero-order valence-corrected chi connectivity index (χ0v) is 19.0. The topological polar surface area (TPSA) is 81.8 Å². The van der Waals surface area contributed by atoms with E-state index in [1.807, 2.05) is 45.0 Å². The Morgan fingerprint density at radius 3 is 2.21 bits per heavy atom. The van der Waals surface area contributed by atoms with E-state index in [9.17, 15) is 9.90 Å². The largest absolute Gasteiger partial charge is 0.483 e. The number of aliphatic hydroxyl groups is 1. The lowest BCUT2D eigenvalue weighted by Gasteiger charge is -2.45. The van der Waals surface area contributed by atoms with Crippen LogP contribution >= 0.6 is 34.2 Å². The molecule has 0 heterocycles. The van der Waals surface area contributed by atoms with Gasteiger partial charge < -0.3 is 20.3 Å². The highest BCUT2D eigenvalue weighted by Crippen LogP contribution is 2.42. The van der Waals surface area contributed by atoms with Gasteiger partial charge in [0.1, 0.15) is 12.4 Å². The predicted molar refractivity (Wildman–Crippen MR) is 119 cm³/mol. The van der Waals surface area contributed by atoms with E-state index in [0.29, 0.717) is 16.3 Å². The van der Waals surface area contributed by atoms with Gasteiger partial charge in [-0.25, -0.2) is 4.79 Å². The molecule has 0 fully saturated rings. The van der Waals surface area contributed by atoms with Crippen LogP contribution in [0.5, 0.6) is 5.75 Å². The molecule has 0 saturated heterocycles. The average Bonchev–Trinajstić information content (AvgIpc) is 2.61. The minimum atomic E-state index is -1.02. The molecule has 1 unspecified atom stereocenters. The summed E-state index contributed by atoms with van der Waals surface area (Å²) in [6.07, 6.45) is -1.55. The molecule has 2 rings (SSSR count). The summed E-state index contributed by atoms with van der Waals surface area (Å²) in [7, 11) is 0. The van der Waals surface area contributed by atoms with E-state index in [4.69, 9.17) is 26.8 Å². The molecular formula is C21H25ClINO4. The van der Waals surface area contributed by atoms with E-state index in [1.54, 1.807) is 24.3 Å². The molecule has 0 radical (unpaired) electrons. The highest BCUT2D eigenvalue weighted by molar-refractivity contribution is 14.1. The van der Waals surface area contributed by atoms with Crippen molar-refractivity contribution in [1.29, 1.82) is 0 Å². The molecule has 0 spiro atoms. The summed E-state index contributed by atoms with van der Waals surface area (Å²) in [5, 5.41) is 11.5. The minimum Gasteiger partial charge on any atom is -0.483 e. The Labute approximate surface area is 184 Å². The maximum Gasteiger partial charge on any atom is 0.404 e. The third-order valence-electron chi connectivity index (χ3n) is 4.72. The van der Waals surface area contributed by atoms with Gasteiger partial charge in [0.15, 0.2) is 5.60 Å². The third-order valence-corrected chi connectivity index (χ3v) is 5.69. The second-order valence-corrected chi connectivity index (χ2v) is 9.36. The molecule has 7 heteroatoms. The highest BCUT2D eigenvalue weighted by Gasteiger charge is 2.47. The lowest BCUT2D eigenvalue weighted by atomic mass is 9.72. The van der Waals surface area contributed by atoms with E-state index in [0.717, 1.165) is 3.57 Å². The molecule has 2 atom stereocenters. The van der Waals surface area contributed by atoms with Crippen molar-refractivity contribution >= 4 is 40.3 Å². The van der Waals surface area contributed by atoms with Crippen molar-refractivity contribution in [2.45, 2.75) is 38.9 Å². The Hall–Kier alpha value is -1.51. The summed E-state index contributed by atoms with van der Waals surface area (Å²) >= 11 is 8.16. The zero-order valence-electron chi connectivity index (χ0n) is 16.1. The molecule has 28 heavy (non-hydrogen) atoms. The van der Waals surface area contributed by atoms with Crippen LogP contribution in [0.3, 0.4) is 0 Å². The smallest absolute Gasteiger partial charge is 0.404 e. The third kappa shape index (κ3) is 5.99. The lowest BCUT2D eigenvalue weighted by Crippen LogP contribution is -2.53. The average molecular weight is 518 g/mol. The van der Waals surface area contributed by atoms with Gasteiger partial charge in [-0.3, -0.25) is 0 Å². The van der Waals surface area contributed by atoms with Gasteiger partial charge in [-0.2, -0.15) is 0 Å². The van der Waals surface area contributed by atoms with Gasteiger partial charge in [-0.1, -0.05) is 44.5 Å². The Balaban J connectivity index is 2.40. The van der Waals surface area contributed by atoms with Crippen molar-refractivity contribution in [2.75, 3.05) is 6.61 Å². The van der Waals surface area contributed by atoms with Gasteiger partial charge in [0.05, 0.1) is 6.10 Å². The first-order valence-electron chi connectivity index (χ1n) is 8.83. The normalized spacial score (nSPS) is 14.8. The van der Waals surface area contributed by atoms with Crippen molar-refractivity contribution in [2.24, 2.45) is 11.1 Å². The molecule has 5 nitrogen and oxygen atoms in total. The van der Waals surface area contributed by atoms with Crippen LogP contribution in [0.25, 0.3) is 0 Å². The second-order valence-electron chi connectivity index (χ2n) is 7.68. The van der Waals surface area contributed by atoms with Crippen LogP contribution in [0.15, 0.2) is 48.5 Å². The summed E-state index contributed by atoms with van der Waals surface area (Å²) in [5.41, 5.74) is 4.41. The number of primary amides is 1. The molecule has 1 amide bonds. The van der Waals surface area contributed by atoms with Gasteiger partial charge in [0.2, 0.25) is 0 Å². The van der Waals surface area contributed by atoms with Crippen LogP contribution in [0, 0.1) is 8.99 Å². The number of carbonyl (C=O) groups is 1. The number of hydrogen-bond donors (Lipinski definition) is 2. The first-order valence-corrected chi connectivity index (χ1v) is 10.3. The first kappa shape index (κ1) is 22.8. The first-order chi connectivity index (χ1) is 13.0. The lowest BCUT2D eigenvalue weighted by molar-refractivity contribution is -0.101. The fourth-order valence-electron chi connectivity index (χ4n) is 2.84. The molecule has 0 aliphatic heterocycles.